The van der Waals surface area contributed by atoms with Gasteiger partial charge in [-0.1, -0.05) is 34.4 Å². The Morgan fingerprint density at radius 3 is 2.14 bits per heavy atom. The second-order valence-electron chi connectivity index (χ2n) is 2.91. The summed E-state index contributed by atoms with van der Waals surface area (Å²) in [6.07, 6.45) is 0. The topological polar surface area (TPSA) is 35.8 Å². The average molecular weight is 233 g/mol. The zero-order valence-corrected chi connectivity index (χ0v) is 9.34. The molecule has 1 aromatic rings. The third-order valence-corrected chi connectivity index (χ3v) is 2.33. The zero-order valence-electron chi connectivity index (χ0n) is 7.83. The van der Waals surface area contributed by atoms with E-state index in [-0.39, 0.29) is 0 Å². The second kappa shape index (κ2) is 4.53. The summed E-state index contributed by atoms with van der Waals surface area (Å²) >= 11 is 11.9. The molecule has 0 aromatic heterocycles. The summed E-state index contributed by atoms with van der Waals surface area (Å²) in [6.45, 7) is 0. The van der Waals surface area contributed by atoms with Crippen molar-refractivity contribution in [3.8, 4) is 0 Å². The van der Waals surface area contributed by atoms with Crippen LogP contribution in [0.1, 0.15) is 5.56 Å². The number of hydrogen-bond donors (Lipinski definition) is 1. The molecule has 1 rings (SSSR count). The minimum Gasteiger partial charge on any atom is -0.409 e. The Hall–Kier alpha value is -0.930. The van der Waals surface area contributed by atoms with Gasteiger partial charge in [0, 0.05) is 14.1 Å². The molecular weight excluding hydrogens is 223 g/mol. The van der Waals surface area contributed by atoms with Crippen LogP contribution in [0.4, 0.5) is 0 Å². The average Bonchev–Trinajstić information content (AvgIpc) is 2.10. The lowest BCUT2D eigenvalue weighted by atomic mass is 10.2. The Bertz CT molecular complexity index is 344. The molecule has 0 spiro atoms. The molecule has 1 aromatic carbocycles. The molecule has 0 aliphatic heterocycles. The van der Waals surface area contributed by atoms with E-state index >= 15 is 0 Å². The number of amidine groups is 1. The number of rotatable bonds is 1. The predicted octanol–water partition coefficient (Wildman–Crippen LogP) is 2.69. The van der Waals surface area contributed by atoms with Crippen LogP contribution >= 0.6 is 23.2 Å². The fourth-order valence-electron chi connectivity index (χ4n) is 1.07. The Morgan fingerprint density at radius 1 is 1.29 bits per heavy atom. The van der Waals surface area contributed by atoms with Crippen molar-refractivity contribution < 1.29 is 5.21 Å². The van der Waals surface area contributed by atoms with Gasteiger partial charge in [0.25, 0.3) is 0 Å². The quantitative estimate of drug-likeness (QED) is 0.350. The lowest BCUT2D eigenvalue weighted by molar-refractivity contribution is 0.310. The van der Waals surface area contributed by atoms with Crippen molar-refractivity contribution in [2.24, 2.45) is 5.16 Å². The molecule has 14 heavy (non-hydrogen) atoms. The fourth-order valence-corrected chi connectivity index (χ4v) is 1.64. The first-order valence-electron chi connectivity index (χ1n) is 3.91. The van der Waals surface area contributed by atoms with Gasteiger partial charge >= 0.3 is 0 Å². The molecular formula is C9H10Cl2N2O. The molecule has 0 aliphatic carbocycles. The van der Waals surface area contributed by atoms with Crippen molar-refractivity contribution in [1.82, 2.24) is 4.90 Å². The van der Waals surface area contributed by atoms with Gasteiger partial charge in [0.1, 0.15) is 0 Å². The molecule has 0 saturated carbocycles. The van der Waals surface area contributed by atoms with E-state index in [0.717, 1.165) is 0 Å². The van der Waals surface area contributed by atoms with Crippen LogP contribution in [0.2, 0.25) is 10.0 Å². The molecule has 0 unspecified atom stereocenters. The Kier molecular flexibility index (Phi) is 3.61. The van der Waals surface area contributed by atoms with E-state index in [0.29, 0.717) is 21.4 Å². The van der Waals surface area contributed by atoms with Crippen molar-refractivity contribution in [3.63, 3.8) is 0 Å². The van der Waals surface area contributed by atoms with Crippen LogP contribution in [-0.2, 0) is 0 Å². The maximum Gasteiger partial charge on any atom is 0.177 e. The summed E-state index contributed by atoms with van der Waals surface area (Å²) < 4.78 is 0. The highest BCUT2D eigenvalue weighted by Gasteiger charge is 2.14. The zero-order chi connectivity index (χ0) is 10.7. The number of oxime groups is 1. The monoisotopic (exact) mass is 232 g/mol. The molecule has 0 heterocycles. The lowest BCUT2D eigenvalue weighted by Gasteiger charge is -2.15. The van der Waals surface area contributed by atoms with Crippen LogP contribution in [0, 0.1) is 0 Å². The minimum absolute atomic E-state index is 0.334. The normalized spacial score (nSPS) is 11.6. The first kappa shape index (κ1) is 11.1. The molecule has 0 radical (unpaired) electrons. The Balaban J connectivity index is 3.30. The highest BCUT2D eigenvalue weighted by atomic mass is 35.5. The summed E-state index contributed by atoms with van der Waals surface area (Å²) in [5.74, 6) is 0.334. The van der Waals surface area contributed by atoms with E-state index in [1.165, 1.54) is 0 Å². The van der Waals surface area contributed by atoms with E-state index in [2.05, 4.69) is 5.16 Å². The SMILES string of the molecule is CN(C)C(=NO)c1c(Cl)cccc1Cl. The standard InChI is InChI=1S/C9H10Cl2N2O/c1-13(2)9(12-14)8-6(10)4-3-5-7(8)11/h3-5,14H,1-2H3. The van der Waals surface area contributed by atoms with Crippen molar-refractivity contribution in [2.45, 2.75) is 0 Å². The number of nitrogens with zero attached hydrogens (tertiary/aromatic N) is 2. The highest BCUT2D eigenvalue weighted by Crippen LogP contribution is 2.25. The molecule has 0 amide bonds. The maximum atomic E-state index is 8.83. The van der Waals surface area contributed by atoms with Crippen molar-refractivity contribution in [1.29, 1.82) is 0 Å². The van der Waals surface area contributed by atoms with Gasteiger partial charge in [-0.05, 0) is 12.1 Å². The third kappa shape index (κ3) is 2.11. The summed E-state index contributed by atoms with van der Waals surface area (Å²) in [5.41, 5.74) is 0.531. The molecule has 0 aliphatic rings. The van der Waals surface area contributed by atoms with Crippen LogP contribution in [0.25, 0.3) is 0 Å². The molecule has 1 N–H and O–H groups in total. The van der Waals surface area contributed by atoms with Crippen molar-refractivity contribution >= 4 is 29.0 Å². The van der Waals surface area contributed by atoms with E-state index < -0.39 is 0 Å². The molecule has 3 nitrogen and oxygen atoms in total. The molecule has 76 valence electrons. The summed E-state index contributed by atoms with van der Waals surface area (Å²) in [5, 5.41) is 12.9. The van der Waals surface area contributed by atoms with Crippen molar-refractivity contribution in [2.75, 3.05) is 14.1 Å². The van der Waals surface area contributed by atoms with Crippen molar-refractivity contribution in [3.05, 3.63) is 33.8 Å². The number of halogens is 2. The largest absolute Gasteiger partial charge is 0.409 e. The van der Waals surface area contributed by atoms with Gasteiger partial charge in [0.05, 0.1) is 15.6 Å². The van der Waals surface area contributed by atoms with Crippen LogP contribution in [0.15, 0.2) is 23.4 Å². The van der Waals surface area contributed by atoms with Crippen LogP contribution in [0.3, 0.4) is 0 Å². The van der Waals surface area contributed by atoms with Crippen LogP contribution < -0.4 is 0 Å². The number of hydrogen-bond acceptors (Lipinski definition) is 2. The van der Waals surface area contributed by atoms with E-state index in [1.807, 2.05) is 0 Å². The van der Waals surface area contributed by atoms with Crippen LogP contribution in [0.5, 0.6) is 0 Å². The molecule has 0 bridgehead atoms. The van der Waals surface area contributed by atoms with E-state index in [4.69, 9.17) is 28.4 Å². The molecule has 0 atom stereocenters. The van der Waals surface area contributed by atoms with Crippen LogP contribution in [-0.4, -0.2) is 30.0 Å². The van der Waals surface area contributed by atoms with Gasteiger partial charge in [-0.2, -0.15) is 0 Å². The first-order chi connectivity index (χ1) is 6.57. The lowest BCUT2D eigenvalue weighted by Crippen LogP contribution is -2.23. The van der Waals surface area contributed by atoms with Gasteiger partial charge in [-0.15, -0.1) is 0 Å². The minimum atomic E-state index is 0.334. The summed E-state index contributed by atoms with van der Waals surface area (Å²) in [7, 11) is 3.49. The second-order valence-corrected chi connectivity index (χ2v) is 3.73. The Labute approximate surface area is 92.5 Å². The summed E-state index contributed by atoms with van der Waals surface area (Å²) in [6, 6.07) is 5.12. The van der Waals surface area contributed by atoms with E-state index in [9.17, 15) is 0 Å². The van der Waals surface area contributed by atoms with E-state index in [1.54, 1.807) is 37.2 Å². The number of benzene rings is 1. The van der Waals surface area contributed by atoms with Gasteiger partial charge in [0.2, 0.25) is 0 Å². The maximum absolute atomic E-state index is 8.83. The smallest absolute Gasteiger partial charge is 0.177 e. The first-order valence-corrected chi connectivity index (χ1v) is 4.67. The van der Waals surface area contributed by atoms with Gasteiger partial charge in [-0.25, -0.2) is 0 Å². The Morgan fingerprint density at radius 2 is 1.79 bits per heavy atom. The molecule has 0 saturated heterocycles. The summed E-state index contributed by atoms with van der Waals surface area (Å²) in [4.78, 5) is 1.63. The fraction of sp³-hybridized carbons (Fsp3) is 0.222. The van der Waals surface area contributed by atoms with Gasteiger partial charge < -0.3 is 10.1 Å². The van der Waals surface area contributed by atoms with Gasteiger partial charge in [0.15, 0.2) is 5.84 Å². The van der Waals surface area contributed by atoms with Gasteiger partial charge in [-0.3, -0.25) is 0 Å². The highest BCUT2D eigenvalue weighted by molar-refractivity contribution is 6.40. The predicted molar refractivity (Wildman–Crippen MR) is 58.5 cm³/mol. The molecule has 5 heteroatoms. The third-order valence-electron chi connectivity index (χ3n) is 1.70. The molecule has 0 fully saturated rings.